The lowest BCUT2D eigenvalue weighted by Gasteiger charge is -2.22. The van der Waals surface area contributed by atoms with E-state index >= 15 is 0 Å². The van der Waals surface area contributed by atoms with Gasteiger partial charge in [0.15, 0.2) is 5.75 Å². The average Bonchev–Trinajstić information content (AvgIpc) is 3.59. The van der Waals surface area contributed by atoms with Crippen LogP contribution >= 0.6 is 0 Å². The van der Waals surface area contributed by atoms with Gasteiger partial charge < -0.3 is 9.47 Å². The van der Waals surface area contributed by atoms with Gasteiger partial charge in [-0.3, -0.25) is 4.79 Å². The van der Waals surface area contributed by atoms with Crippen LogP contribution < -0.4 is 15.6 Å². The van der Waals surface area contributed by atoms with Gasteiger partial charge in [0, 0.05) is 12.5 Å². The summed E-state index contributed by atoms with van der Waals surface area (Å²) in [6, 6.07) is 13.9. The van der Waals surface area contributed by atoms with Gasteiger partial charge >= 0.3 is 0 Å². The minimum absolute atomic E-state index is 0.151. The lowest BCUT2D eigenvalue weighted by atomic mass is 9.93. The van der Waals surface area contributed by atoms with Gasteiger partial charge in [-0.2, -0.15) is 0 Å². The Bertz CT molecular complexity index is 1170. The van der Waals surface area contributed by atoms with E-state index in [1.165, 1.54) is 17.1 Å². The van der Waals surface area contributed by atoms with Gasteiger partial charge in [-0.1, -0.05) is 31.2 Å². The molecule has 3 aromatic rings. The summed E-state index contributed by atoms with van der Waals surface area (Å²) in [6.45, 7) is 4.27. The van der Waals surface area contributed by atoms with Crippen molar-refractivity contribution in [3.63, 3.8) is 0 Å². The molecule has 0 saturated heterocycles. The minimum Gasteiger partial charge on any atom is -0.489 e. The second-order valence-electron chi connectivity index (χ2n) is 8.60. The molecule has 2 N–H and O–H groups in total. The number of ether oxygens (including phenoxy) is 2. The zero-order valence-corrected chi connectivity index (χ0v) is 19.6. The van der Waals surface area contributed by atoms with Gasteiger partial charge in [0.2, 0.25) is 5.91 Å². The number of anilines is 1. The molecule has 0 bridgehead atoms. The number of hydrogen-bond donors (Lipinski definition) is 1. The van der Waals surface area contributed by atoms with E-state index in [0.717, 1.165) is 12.0 Å². The van der Waals surface area contributed by atoms with Crippen LogP contribution in [-0.2, 0) is 28.0 Å². The molecule has 1 amide bonds. The van der Waals surface area contributed by atoms with Crippen LogP contribution in [0.1, 0.15) is 36.0 Å². The number of aromatic nitrogens is 2. The normalized spacial score (nSPS) is 19.0. The first kappa shape index (κ1) is 23.8. The number of nitrogens with zero attached hydrogens (tertiary/aromatic N) is 3. The molecule has 34 heavy (non-hydrogen) atoms. The second-order valence-corrected chi connectivity index (χ2v) is 8.60. The van der Waals surface area contributed by atoms with Crippen molar-refractivity contribution in [1.29, 1.82) is 0 Å². The fourth-order valence-corrected chi connectivity index (χ4v) is 4.25. The van der Waals surface area contributed by atoms with Crippen molar-refractivity contribution in [2.24, 2.45) is 11.8 Å². The smallest absolute Gasteiger partial charge is 0.245 e. The molecule has 4 rings (SSSR count). The molecular formula is C26H29FN4O3. The van der Waals surface area contributed by atoms with Crippen molar-refractivity contribution in [2.75, 3.05) is 18.7 Å². The van der Waals surface area contributed by atoms with Crippen LogP contribution in [0.15, 0.2) is 54.7 Å². The molecule has 0 spiro atoms. The Hall–Kier alpha value is -3.36. The van der Waals surface area contributed by atoms with Gasteiger partial charge in [0.25, 0.3) is 0 Å². The van der Waals surface area contributed by atoms with Gasteiger partial charge in [0.1, 0.15) is 17.3 Å². The molecule has 2 aromatic carbocycles. The van der Waals surface area contributed by atoms with Gasteiger partial charge in [0.05, 0.1) is 31.0 Å². The molecule has 0 aliphatic heterocycles. The first-order valence-corrected chi connectivity index (χ1v) is 11.3. The summed E-state index contributed by atoms with van der Waals surface area (Å²) < 4.78 is 25.5. The molecule has 1 aliphatic rings. The van der Waals surface area contributed by atoms with Crippen molar-refractivity contribution in [1.82, 2.24) is 9.97 Å². The van der Waals surface area contributed by atoms with Crippen LogP contribution in [0, 0.1) is 18.7 Å². The molecule has 1 heterocycles. The number of nitrogens with two attached hydrogens (primary N) is 1. The van der Waals surface area contributed by atoms with Crippen molar-refractivity contribution >= 4 is 11.6 Å². The third-order valence-corrected chi connectivity index (χ3v) is 6.35. The number of hydrazine groups is 1. The Balaban J connectivity index is 1.59. The lowest BCUT2D eigenvalue weighted by Crippen LogP contribution is -2.41. The van der Waals surface area contributed by atoms with E-state index in [2.05, 4.69) is 16.9 Å². The number of carbonyl (C=O) groups is 1. The van der Waals surface area contributed by atoms with Crippen molar-refractivity contribution in [3.8, 4) is 5.75 Å². The predicted octanol–water partition coefficient (Wildman–Crippen LogP) is 3.88. The van der Waals surface area contributed by atoms with E-state index in [4.69, 9.17) is 15.3 Å². The van der Waals surface area contributed by atoms with E-state index in [9.17, 15) is 9.18 Å². The summed E-state index contributed by atoms with van der Waals surface area (Å²) in [5.74, 6) is 6.23. The molecule has 0 unspecified atom stereocenters. The average molecular weight is 465 g/mol. The van der Waals surface area contributed by atoms with Crippen LogP contribution in [0.2, 0.25) is 0 Å². The summed E-state index contributed by atoms with van der Waals surface area (Å²) in [6.07, 6.45) is 2.98. The number of amides is 1. The van der Waals surface area contributed by atoms with Crippen LogP contribution in [0.25, 0.3) is 0 Å². The summed E-state index contributed by atoms with van der Waals surface area (Å²) in [7, 11) is 1.58. The summed E-state index contributed by atoms with van der Waals surface area (Å²) in [5, 5.41) is 1.18. The monoisotopic (exact) mass is 464 g/mol. The van der Waals surface area contributed by atoms with E-state index in [-0.39, 0.29) is 24.9 Å². The highest BCUT2D eigenvalue weighted by atomic mass is 19.1. The van der Waals surface area contributed by atoms with Crippen LogP contribution in [0.4, 0.5) is 10.1 Å². The molecule has 1 fully saturated rings. The van der Waals surface area contributed by atoms with E-state index in [1.807, 2.05) is 30.3 Å². The Morgan fingerprint density at radius 1 is 1.26 bits per heavy atom. The maximum atomic E-state index is 14.1. The SMILES string of the molecule is CCc1ccc(N(N)C(=O)[C@@H]2C[C@@]2(COc2cnc(C)nc2COC)c2cccc(F)c2)cc1. The lowest BCUT2D eigenvalue weighted by molar-refractivity contribution is -0.120. The Morgan fingerprint density at radius 3 is 2.71 bits per heavy atom. The third kappa shape index (κ3) is 4.78. The fraction of sp³-hybridized carbons (Fsp3) is 0.346. The molecule has 0 radical (unpaired) electrons. The number of methoxy groups -OCH3 is 1. The highest BCUT2D eigenvalue weighted by Crippen LogP contribution is 2.55. The quantitative estimate of drug-likeness (QED) is 0.294. The Kier molecular flexibility index (Phi) is 6.90. The highest BCUT2D eigenvalue weighted by Gasteiger charge is 2.61. The molecule has 1 aliphatic carbocycles. The molecule has 8 heteroatoms. The summed E-state index contributed by atoms with van der Waals surface area (Å²) in [4.78, 5) is 22.0. The molecule has 178 valence electrons. The highest BCUT2D eigenvalue weighted by molar-refractivity contribution is 5.97. The standard InChI is InChI=1S/C26H29FN4O3/c1-4-18-8-10-21(11-9-18)31(28)25(32)22-13-26(22,19-6-5-7-20(27)12-19)16-34-24-14-29-17(2)30-23(24)15-33-3/h5-12,14,22H,4,13,15-16,28H2,1-3H3/t22-,26+/m0/s1. The van der Waals surface area contributed by atoms with Crippen molar-refractivity contribution in [2.45, 2.75) is 38.7 Å². The van der Waals surface area contributed by atoms with Crippen LogP contribution in [0.5, 0.6) is 5.75 Å². The molecule has 7 nitrogen and oxygen atoms in total. The molecule has 1 saturated carbocycles. The second kappa shape index (κ2) is 9.87. The molecular weight excluding hydrogens is 435 g/mol. The maximum absolute atomic E-state index is 14.1. The maximum Gasteiger partial charge on any atom is 0.245 e. The molecule has 2 atom stereocenters. The first-order chi connectivity index (χ1) is 16.4. The zero-order chi connectivity index (χ0) is 24.3. The topological polar surface area (TPSA) is 90.6 Å². The number of carbonyl (C=O) groups excluding carboxylic acids is 1. The Labute approximate surface area is 198 Å². The number of benzene rings is 2. The zero-order valence-electron chi connectivity index (χ0n) is 19.6. The van der Waals surface area contributed by atoms with E-state index in [1.54, 1.807) is 26.3 Å². The number of aryl methyl sites for hydroxylation is 2. The predicted molar refractivity (Wildman–Crippen MR) is 127 cm³/mol. The van der Waals surface area contributed by atoms with Crippen molar-refractivity contribution < 1.29 is 18.7 Å². The van der Waals surface area contributed by atoms with Gasteiger partial charge in [-0.25, -0.2) is 25.2 Å². The summed E-state index contributed by atoms with van der Waals surface area (Å²) >= 11 is 0. The van der Waals surface area contributed by atoms with E-state index < -0.39 is 11.3 Å². The number of halogens is 1. The number of rotatable bonds is 9. The fourth-order valence-electron chi connectivity index (χ4n) is 4.25. The van der Waals surface area contributed by atoms with Gasteiger partial charge in [-0.05, 0) is 55.2 Å². The van der Waals surface area contributed by atoms with Gasteiger partial charge in [-0.15, -0.1) is 0 Å². The van der Waals surface area contributed by atoms with Crippen LogP contribution in [0.3, 0.4) is 0 Å². The Morgan fingerprint density at radius 2 is 2.03 bits per heavy atom. The minimum atomic E-state index is -0.713. The third-order valence-electron chi connectivity index (χ3n) is 6.35. The van der Waals surface area contributed by atoms with E-state index in [0.29, 0.717) is 34.9 Å². The largest absolute Gasteiger partial charge is 0.489 e. The van der Waals surface area contributed by atoms with Crippen molar-refractivity contribution in [3.05, 3.63) is 83.2 Å². The summed E-state index contributed by atoms with van der Waals surface area (Å²) in [5.41, 5.74) is 2.37. The molecule has 1 aromatic heterocycles. The van der Waals surface area contributed by atoms with Crippen LogP contribution in [-0.4, -0.2) is 29.6 Å². The number of hydrogen-bond acceptors (Lipinski definition) is 6. The first-order valence-electron chi connectivity index (χ1n) is 11.3.